The first-order valence-electron chi connectivity index (χ1n) is 6.70. The minimum absolute atomic E-state index is 0.840. The van der Waals surface area contributed by atoms with Crippen molar-refractivity contribution in [3.05, 3.63) is 54.4 Å². The largest absolute Gasteiger partial charge is 0.312 e. The number of nitrogens with zero attached hydrogens (tertiary/aromatic N) is 4. The average Bonchev–Trinajstić information content (AvgIpc) is 2.89. The van der Waals surface area contributed by atoms with Crippen LogP contribution in [-0.4, -0.2) is 26.3 Å². The van der Waals surface area contributed by atoms with E-state index in [1.165, 1.54) is 16.3 Å². The molecular formula is C15H17N5. The van der Waals surface area contributed by atoms with Crippen LogP contribution in [0.15, 0.2) is 43.0 Å². The number of nitrogens with one attached hydrogen (secondary N) is 1. The topological polar surface area (TPSA) is 55.6 Å². The van der Waals surface area contributed by atoms with E-state index in [9.17, 15) is 0 Å². The van der Waals surface area contributed by atoms with E-state index >= 15 is 0 Å². The van der Waals surface area contributed by atoms with Gasteiger partial charge in [-0.1, -0.05) is 18.2 Å². The Morgan fingerprint density at radius 3 is 3.05 bits per heavy atom. The molecule has 5 heteroatoms. The minimum atomic E-state index is 0.840. The van der Waals surface area contributed by atoms with Crippen molar-refractivity contribution in [3.8, 4) is 0 Å². The summed E-state index contributed by atoms with van der Waals surface area (Å²) in [5, 5.41) is 10.1. The number of hydrogen-bond donors (Lipinski definition) is 1. The smallest absolute Gasteiger partial charge is 0.151 e. The third-order valence-electron chi connectivity index (χ3n) is 3.26. The van der Waals surface area contributed by atoms with Gasteiger partial charge in [-0.2, -0.15) is 5.10 Å². The highest BCUT2D eigenvalue weighted by molar-refractivity contribution is 5.84. The molecule has 3 rings (SSSR count). The molecule has 2 aromatic heterocycles. The summed E-state index contributed by atoms with van der Waals surface area (Å²) in [6, 6.07) is 8.37. The predicted molar refractivity (Wildman–Crippen MR) is 78.2 cm³/mol. The molecule has 0 aliphatic carbocycles. The van der Waals surface area contributed by atoms with Crippen molar-refractivity contribution in [2.75, 3.05) is 6.54 Å². The fraction of sp³-hybridized carbons (Fsp3) is 0.267. The van der Waals surface area contributed by atoms with E-state index in [1.807, 2.05) is 19.4 Å². The lowest BCUT2D eigenvalue weighted by Gasteiger charge is -2.07. The molecule has 0 spiro atoms. The van der Waals surface area contributed by atoms with Crippen LogP contribution < -0.4 is 5.32 Å². The van der Waals surface area contributed by atoms with Gasteiger partial charge in [0.25, 0.3) is 0 Å². The lowest BCUT2D eigenvalue weighted by molar-refractivity contribution is 0.663. The van der Waals surface area contributed by atoms with Crippen molar-refractivity contribution < 1.29 is 0 Å². The van der Waals surface area contributed by atoms with Gasteiger partial charge in [-0.3, -0.25) is 9.67 Å². The highest BCUT2D eigenvalue weighted by atomic mass is 15.3. The first-order chi connectivity index (χ1) is 9.83. The third kappa shape index (κ3) is 2.83. The van der Waals surface area contributed by atoms with E-state index in [0.29, 0.717) is 0 Å². The molecule has 1 N–H and O–H groups in total. The van der Waals surface area contributed by atoms with Crippen LogP contribution in [0.5, 0.6) is 0 Å². The molecule has 2 heterocycles. The van der Waals surface area contributed by atoms with E-state index in [2.05, 4.69) is 44.6 Å². The molecule has 0 radical (unpaired) electrons. The van der Waals surface area contributed by atoms with Crippen LogP contribution >= 0.6 is 0 Å². The first kappa shape index (κ1) is 12.7. The number of benzene rings is 1. The predicted octanol–water partition coefficient (Wildman–Crippen LogP) is 1.70. The number of rotatable bonds is 5. The Hall–Kier alpha value is -2.27. The monoisotopic (exact) mass is 267 g/mol. The van der Waals surface area contributed by atoms with Gasteiger partial charge in [0.05, 0.1) is 0 Å². The summed E-state index contributed by atoms with van der Waals surface area (Å²) < 4.78 is 1.73. The van der Waals surface area contributed by atoms with Gasteiger partial charge in [0.1, 0.15) is 6.33 Å². The molecule has 0 amide bonds. The zero-order valence-electron chi connectivity index (χ0n) is 11.5. The second-order valence-electron chi connectivity index (χ2n) is 4.78. The second-order valence-corrected chi connectivity index (χ2v) is 4.78. The molecule has 3 aromatic rings. The lowest BCUT2D eigenvalue weighted by atomic mass is 10.1. The summed E-state index contributed by atoms with van der Waals surface area (Å²) in [5.41, 5.74) is 1.29. The Morgan fingerprint density at radius 2 is 2.20 bits per heavy atom. The van der Waals surface area contributed by atoms with Gasteiger partial charge < -0.3 is 5.32 Å². The third-order valence-corrected chi connectivity index (χ3v) is 3.26. The molecule has 0 aliphatic heterocycles. The lowest BCUT2D eigenvalue weighted by Crippen LogP contribution is -2.17. The van der Waals surface area contributed by atoms with Gasteiger partial charge in [0.15, 0.2) is 5.82 Å². The van der Waals surface area contributed by atoms with Gasteiger partial charge in [0.2, 0.25) is 0 Å². The Kier molecular flexibility index (Phi) is 3.69. The minimum Gasteiger partial charge on any atom is -0.312 e. The summed E-state index contributed by atoms with van der Waals surface area (Å²) in [5.74, 6) is 0.877. The zero-order chi connectivity index (χ0) is 13.8. The van der Waals surface area contributed by atoms with E-state index < -0.39 is 0 Å². The Bertz CT molecular complexity index is 699. The Labute approximate surface area is 117 Å². The zero-order valence-corrected chi connectivity index (χ0v) is 11.5. The standard InChI is InChI=1S/C15H17N5/c1-20-11-18-15(19-20)6-8-17-10-13-4-2-3-12-9-16-7-5-14(12)13/h2-5,7,9,11,17H,6,8,10H2,1H3. The van der Waals surface area contributed by atoms with Crippen LogP contribution in [0.3, 0.4) is 0 Å². The average molecular weight is 267 g/mol. The van der Waals surface area contributed by atoms with Crippen LogP contribution in [0.2, 0.25) is 0 Å². The normalized spacial score (nSPS) is 11.1. The van der Waals surface area contributed by atoms with Gasteiger partial charge in [0, 0.05) is 44.3 Å². The molecule has 0 aliphatic rings. The highest BCUT2D eigenvalue weighted by Gasteiger charge is 2.01. The SMILES string of the molecule is Cn1cnc(CCNCc2cccc3cnccc23)n1. The second kappa shape index (κ2) is 5.79. The fourth-order valence-electron chi connectivity index (χ4n) is 2.27. The summed E-state index contributed by atoms with van der Waals surface area (Å²) in [4.78, 5) is 8.37. The van der Waals surface area contributed by atoms with Crippen molar-refractivity contribution in [1.82, 2.24) is 25.1 Å². The summed E-state index contributed by atoms with van der Waals surface area (Å²) in [6.07, 6.45) is 6.31. The Morgan fingerprint density at radius 1 is 1.25 bits per heavy atom. The first-order valence-corrected chi connectivity index (χ1v) is 6.70. The molecule has 5 nitrogen and oxygen atoms in total. The van der Waals surface area contributed by atoms with Gasteiger partial charge >= 0.3 is 0 Å². The van der Waals surface area contributed by atoms with Crippen LogP contribution in [0.25, 0.3) is 10.8 Å². The molecule has 0 saturated carbocycles. The van der Waals surface area contributed by atoms with Crippen molar-refractivity contribution >= 4 is 10.8 Å². The molecule has 0 bridgehead atoms. The number of fused-ring (bicyclic) bond motifs is 1. The molecule has 0 saturated heterocycles. The molecule has 0 atom stereocenters. The summed E-state index contributed by atoms with van der Waals surface area (Å²) in [6.45, 7) is 1.71. The highest BCUT2D eigenvalue weighted by Crippen LogP contribution is 2.16. The van der Waals surface area contributed by atoms with E-state index in [-0.39, 0.29) is 0 Å². The van der Waals surface area contributed by atoms with E-state index in [0.717, 1.165) is 25.3 Å². The number of pyridine rings is 1. The van der Waals surface area contributed by atoms with Crippen LogP contribution in [0, 0.1) is 0 Å². The van der Waals surface area contributed by atoms with Crippen molar-refractivity contribution in [2.45, 2.75) is 13.0 Å². The molecule has 0 unspecified atom stereocenters. The number of aryl methyl sites for hydroxylation is 1. The summed E-state index contributed by atoms with van der Waals surface area (Å²) in [7, 11) is 1.88. The fourth-order valence-corrected chi connectivity index (χ4v) is 2.27. The van der Waals surface area contributed by atoms with Gasteiger partial charge in [-0.25, -0.2) is 4.98 Å². The number of aromatic nitrogens is 4. The van der Waals surface area contributed by atoms with E-state index in [1.54, 1.807) is 11.0 Å². The summed E-state index contributed by atoms with van der Waals surface area (Å²) >= 11 is 0. The van der Waals surface area contributed by atoms with Crippen molar-refractivity contribution in [1.29, 1.82) is 0 Å². The molecule has 1 aromatic carbocycles. The van der Waals surface area contributed by atoms with Gasteiger partial charge in [-0.05, 0) is 17.0 Å². The van der Waals surface area contributed by atoms with Crippen molar-refractivity contribution in [2.24, 2.45) is 7.05 Å². The van der Waals surface area contributed by atoms with Gasteiger partial charge in [-0.15, -0.1) is 0 Å². The van der Waals surface area contributed by atoms with Crippen LogP contribution in [0.4, 0.5) is 0 Å². The Balaban J connectivity index is 1.60. The van der Waals surface area contributed by atoms with E-state index in [4.69, 9.17) is 0 Å². The maximum Gasteiger partial charge on any atom is 0.151 e. The molecule has 0 fully saturated rings. The molecule has 20 heavy (non-hydrogen) atoms. The molecule has 102 valence electrons. The molecular weight excluding hydrogens is 250 g/mol. The maximum atomic E-state index is 4.26. The van der Waals surface area contributed by atoms with Crippen LogP contribution in [0.1, 0.15) is 11.4 Å². The number of hydrogen-bond acceptors (Lipinski definition) is 4. The van der Waals surface area contributed by atoms with Crippen molar-refractivity contribution in [3.63, 3.8) is 0 Å². The maximum absolute atomic E-state index is 4.26. The quantitative estimate of drug-likeness (QED) is 0.715. The van der Waals surface area contributed by atoms with Crippen LogP contribution in [-0.2, 0) is 20.0 Å².